The fourth-order valence-electron chi connectivity index (χ4n) is 3.26. The first kappa shape index (κ1) is 22.2. The average Bonchev–Trinajstić information content (AvgIpc) is 3.08. The molecule has 0 unspecified atom stereocenters. The molecule has 0 aliphatic carbocycles. The van der Waals surface area contributed by atoms with Gasteiger partial charge in [-0.25, -0.2) is 9.69 Å². The summed E-state index contributed by atoms with van der Waals surface area (Å²) in [6.45, 7) is -0.416. The number of rotatable bonds is 7. The Balaban J connectivity index is 1.49. The molecule has 0 bridgehead atoms. The number of ether oxygens (including phenoxy) is 1. The number of para-hydroxylation sites is 2. The van der Waals surface area contributed by atoms with E-state index in [0.29, 0.717) is 11.4 Å². The fourth-order valence-corrected chi connectivity index (χ4v) is 4.20. The van der Waals surface area contributed by atoms with Crippen LogP contribution in [0.4, 0.5) is 10.5 Å². The van der Waals surface area contributed by atoms with Gasteiger partial charge in [0, 0.05) is 9.79 Å². The number of carbonyl (C=O) groups excluding carboxylic acids is 3. The van der Waals surface area contributed by atoms with Crippen LogP contribution in [0, 0.1) is 0 Å². The summed E-state index contributed by atoms with van der Waals surface area (Å²) in [5, 5.41) is 5.24. The highest BCUT2D eigenvalue weighted by atomic mass is 32.2. The number of urea groups is 1. The predicted molar refractivity (Wildman–Crippen MR) is 127 cm³/mol. The molecule has 1 heterocycles. The maximum absolute atomic E-state index is 12.9. The van der Waals surface area contributed by atoms with Gasteiger partial charge in [0.05, 0.1) is 12.8 Å². The van der Waals surface area contributed by atoms with E-state index in [-0.39, 0.29) is 5.70 Å². The molecule has 0 saturated carbocycles. The van der Waals surface area contributed by atoms with Crippen LogP contribution in [0.1, 0.15) is 5.56 Å². The molecule has 4 rings (SSSR count). The topological polar surface area (TPSA) is 87.7 Å². The van der Waals surface area contributed by atoms with E-state index in [2.05, 4.69) is 10.6 Å². The second-order valence-electron chi connectivity index (χ2n) is 7.08. The van der Waals surface area contributed by atoms with E-state index in [1.165, 1.54) is 7.11 Å². The summed E-state index contributed by atoms with van der Waals surface area (Å²) >= 11 is 1.56. The molecule has 1 saturated heterocycles. The van der Waals surface area contributed by atoms with Gasteiger partial charge in [-0.05, 0) is 42.0 Å². The van der Waals surface area contributed by atoms with Crippen molar-refractivity contribution in [3.8, 4) is 5.75 Å². The van der Waals surface area contributed by atoms with Crippen LogP contribution in [-0.4, -0.2) is 36.4 Å². The molecule has 1 aliphatic rings. The Morgan fingerprint density at radius 1 is 1.00 bits per heavy atom. The van der Waals surface area contributed by atoms with E-state index < -0.39 is 24.4 Å². The Kier molecular flexibility index (Phi) is 6.75. The van der Waals surface area contributed by atoms with Crippen molar-refractivity contribution in [1.82, 2.24) is 10.2 Å². The second kappa shape index (κ2) is 10.1. The van der Waals surface area contributed by atoms with Crippen molar-refractivity contribution in [2.24, 2.45) is 0 Å². The largest absolute Gasteiger partial charge is 0.495 e. The summed E-state index contributed by atoms with van der Waals surface area (Å²) in [6.07, 6.45) is 1.63. The maximum atomic E-state index is 12.9. The van der Waals surface area contributed by atoms with Crippen LogP contribution in [0.5, 0.6) is 5.75 Å². The van der Waals surface area contributed by atoms with Crippen LogP contribution in [0.2, 0.25) is 0 Å². The third-order valence-electron chi connectivity index (χ3n) is 4.83. The first-order valence-corrected chi connectivity index (χ1v) is 11.0. The minimum absolute atomic E-state index is 0.117. The Bertz CT molecular complexity index is 1230. The molecule has 33 heavy (non-hydrogen) atoms. The molecule has 7 nitrogen and oxygen atoms in total. The lowest BCUT2D eigenvalue weighted by Gasteiger charge is -2.13. The molecule has 8 heteroatoms. The van der Waals surface area contributed by atoms with Gasteiger partial charge in [0.25, 0.3) is 5.91 Å². The van der Waals surface area contributed by atoms with Gasteiger partial charge in [-0.2, -0.15) is 0 Å². The standard InChI is InChI=1S/C25H21N3O4S/c1-32-21-13-7-6-12-19(21)26-23(29)16-28-24(30)20(27-25(28)31)15-17-9-5-8-14-22(17)33-18-10-3-2-4-11-18/h2-15H,16H2,1H3,(H,26,29)(H,27,31)/b20-15-. The summed E-state index contributed by atoms with van der Waals surface area (Å²) in [7, 11) is 1.49. The predicted octanol–water partition coefficient (Wildman–Crippen LogP) is 4.38. The van der Waals surface area contributed by atoms with Crippen LogP contribution in [0.3, 0.4) is 0 Å². The third kappa shape index (κ3) is 5.24. The second-order valence-corrected chi connectivity index (χ2v) is 8.20. The van der Waals surface area contributed by atoms with Gasteiger partial charge in [0.1, 0.15) is 18.0 Å². The monoisotopic (exact) mass is 459 g/mol. The van der Waals surface area contributed by atoms with Crippen molar-refractivity contribution < 1.29 is 19.1 Å². The fraction of sp³-hybridized carbons (Fsp3) is 0.0800. The summed E-state index contributed by atoms with van der Waals surface area (Å²) in [6, 6.07) is 23.7. The van der Waals surface area contributed by atoms with Gasteiger partial charge in [-0.1, -0.05) is 60.3 Å². The van der Waals surface area contributed by atoms with Crippen LogP contribution >= 0.6 is 11.8 Å². The molecule has 1 aliphatic heterocycles. The minimum atomic E-state index is -0.644. The lowest BCUT2D eigenvalue weighted by atomic mass is 10.2. The molecule has 3 aromatic carbocycles. The van der Waals surface area contributed by atoms with Crippen LogP contribution < -0.4 is 15.4 Å². The number of anilines is 1. The lowest BCUT2D eigenvalue weighted by molar-refractivity contribution is -0.127. The smallest absolute Gasteiger partial charge is 0.329 e. The zero-order valence-electron chi connectivity index (χ0n) is 17.8. The zero-order chi connectivity index (χ0) is 23.2. The van der Waals surface area contributed by atoms with E-state index >= 15 is 0 Å². The summed E-state index contributed by atoms with van der Waals surface area (Å²) in [5.74, 6) is -0.588. The van der Waals surface area contributed by atoms with Gasteiger partial charge in [-0.15, -0.1) is 0 Å². The number of hydrogen-bond acceptors (Lipinski definition) is 5. The molecule has 166 valence electrons. The van der Waals surface area contributed by atoms with Crippen molar-refractivity contribution in [2.75, 3.05) is 19.0 Å². The molecule has 4 amide bonds. The lowest BCUT2D eigenvalue weighted by Crippen LogP contribution is -2.38. The molecule has 2 N–H and O–H groups in total. The van der Waals surface area contributed by atoms with E-state index in [9.17, 15) is 14.4 Å². The summed E-state index contributed by atoms with van der Waals surface area (Å²) in [5.41, 5.74) is 1.36. The summed E-state index contributed by atoms with van der Waals surface area (Å²) in [4.78, 5) is 40.6. The molecule has 0 radical (unpaired) electrons. The first-order valence-electron chi connectivity index (χ1n) is 10.1. The van der Waals surface area contributed by atoms with Crippen LogP contribution in [0.15, 0.2) is 94.4 Å². The first-order chi connectivity index (χ1) is 16.0. The van der Waals surface area contributed by atoms with E-state index in [0.717, 1.165) is 20.3 Å². The Hall–Kier alpha value is -4.04. The van der Waals surface area contributed by atoms with Gasteiger partial charge >= 0.3 is 6.03 Å². The number of benzene rings is 3. The molecular weight excluding hydrogens is 438 g/mol. The number of amides is 4. The highest BCUT2D eigenvalue weighted by Gasteiger charge is 2.35. The van der Waals surface area contributed by atoms with Gasteiger partial charge < -0.3 is 15.4 Å². The van der Waals surface area contributed by atoms with Gasteiger partial charge in [0.2, 0.25) is 5.91 Å². The van der Waals surface area contributed by atoms with Crippen molar-refractivity contribution in [3.63, 3.8) is 0 Å². The van der Waals surface area contributed by atoms with Gasteiger partial charge in [0.15, 0.2) is 0 Å². The van der Waals surface area contributed by atoms with Crippen molar-refractivity contribution in [2.45, 2.75) is 9.79 Å². The van der Waals surface area contributed by atoms with Crippen LogP contribution in [0.25, 0.3) is 6.08 Å². The van der Waals surface area contributed by atoms with Crippen molar-refractivity contribution >= 4 is 41.4 Å². The number of hydrogen-bond donors (Lipinski definition) is 2. The molecule has 3 aromatic rings. The van der Waals surface area contributed by atoms with Gasteiger partial charge in [-0.3, -0.25) is 9.59 Å². The van der Waals surface area contributed by atoms with E-state index in [4.69, 9.17) is 4.74 Å². The highest BCUT2D eigenvalue weighted by Crippen LogP contribution is 2.31. The number of imide groups is 1. The number of nitrogens with zero attached hydrogens (tertiary/aromatic N) is 1. The Labute approximate surface area is 195 Å². The van der Waals surface area contributed by atoms with E-state index in [1.807, 2.05) is 54.6 Å². The molecule has 0 aromatic heterocycles. The maximum Gasteiger partial charge on any atom is 0.329 e. The minimum Gasteiger partial charge on any atom is -0.495 e. The number of nitrogens with one attached hydrogen (secondary N) is 2. The van der Waals surface area contributed by atoms with Crippen molar-refractivity contribution in [1.29, 1.82) is 0 Å². The quantitative estimate of drug-likeness (QED) is 0.405. The average molecular weight is 460 g/mol. The zero-order valence-corrected chi connectivity index (χ0v) is 18.6. The molecule has 1 fully saturated rings. The van der Waals surface area contributed by atoms with E-state index in [1.54, 1.807) is 42.1 Å². The normalized spacial score (nSPS) is 14.3. The van der Waals surface area contributed by atoms with Crippen molar-refractivity contribution in [3.05, 3.63) is 90.1 Å². The van der Waals surface area contributed by atoms with Crippen LogP contribution in [-0.2, 0) is 9.59 Å². The highest BCUT2D eigenvalue weighted by molar-refractivity contribution is 7.99. The Morgan fingerprint density at radius 3 is 2.48 bits per heavy atom. The Morgan fingerprint density at radius 2 is 1.70 bits per heavy atom. The molecular formula is C25H21N3O4S. The number of methoxy groups -OCH3 is 1. The SMILES string of the molecule is COc1ccccc1NC(=O)CN1C(=O)N/C(=C\c2ccccc2Sc2ccccc2)C1=O. The third-order valence-corrected chi connectivity index (χ3v) is 5.93. The molecule has 0 atom stereocenters. The molecule has 0 spiro atoms. The summed E-state index contributed by atoms with van der Waals surface area (Å²) < 4.78 is 5.21. The number of carbonyl (C=O) groups is 3.